The Kier molecular flexibility index (Phi) is 6.65. The van der Waals surface area contributed by atoms with E-state index in [4.69, 9.17) is 11.6 Å². The van der Waals surface area contributed by atoms with E-state index in [9.17, 15) is 10.1 Å². The molecular formula is C19H19ClN2O. The van der Waals surface area contributed by atoms with Crippen LogP contribution >= 0.6 is 11.6 Å². The number of benzene rings is 2. The molecule has 0 bridgehead atoms. The number of carbonyl (C=O) groups excluding carboxylic acids is 1. The van der Waals surface area contributed by atoms with Crippen LogP contribution in [0.2, 0.25) is 0 Å². The highest BCUT2D eigenvalue weighted by Crippen LogP contribution is 2.21. The van der Waals surface area contributed by atoms with Gasteiger partial charge in [0.25, 0.3) is 0 Å². The molecule has 118 valence electrons. The Labute approximate surface area is 142 Å². The van der Waals surface area contributed by atoms with Gasteiger partial charge in [-0.25, -0.2) is 0 Å². The summed E-state index contributed by atoms with van der Waals surface area (Å²) < 4.78 is 0. The zero-order chi connectivity index (χ0) is 16.5. The lowest BCUT2D eigenvalue weighted by atomic mass is 10.0. The van der Waals surface area contributed by atoms with E-state index < -0.39 is 6.04 Å². The Morgan fingerprint density at radius 2 is 1.70 bits per heavy atom. The third-order valence-electron chi connectivity index (χ3n) is 3.60. The molecule has 23 heavy (non-hydrogen) atoms. The number of carbonyl (C=O) groups is 1. The Morgan fingerprint density at radius 3 is 2.26 bits per heavy atom. The quantitative estimate of drug-likeness (QED) is 0.723. The lowest BCUT2D eigenvalue weighted by Crippen LogP contribution is -2.36. The second-order valence-corrected chi connectivity index (χ2v) is 5.61. The molecular weight excluding hydrogens is 308 g/mol. The second-order valence-electron chi connectivity index (χ2n) is 5.23. The van der Waals surface area contributed by atoms with E-state index in [0.717, 1.165) is 11.1 Å². The van der Waals surface area contributed by atoms with Gasteiger partial charge in [-0.2, -0.15) is 5.26 Å². The van der Waals surface area contributed by atoms with E-state index in [2.05, 4.69) is 6.07 Å². The summed E-state index contributed by atoms with van der Waals surface area (Å²) in [4.78, 5) is 14.4. The van der Waals surface area contributed by atoms with E-state index in [-0.39, 0.29) is 12.3 Å². The van der Waals surface area contributed by atoms with Crippen molar-refractivity contribution >= 4 is 17.5 Å². The summed E-state index contributed by atoms with van der Waals surface area (Å²) in [6.45, 7) is 0.474. The van der Waals surface area contributed by atoms with Gasteiger partial charge in [0, 0.05) is 12.4 Å². The van der Waals surface area contributed by atoms with Crippen LogP contribution < -0.4 is 0 Å². The van der Waals surface area contributed by atoms with Crippen molar-refractivity contribution in [3.63, 3.8) is 0 Å². The van der Waals surface area contributed by atoms with Crippen molar-refractivity contribution in [1.29, 1.82) is 5.26 Å². The van der Waals surface area contributed by atoms with Crippen LogP contribution in [-0.2, 0) is 11.2 Å². The lowest BCUT2D eigenvalue weighted by molar-refractivity contribution is -0.132. The third kappa shape index (κ3) is 4.84. The minimum Gasteiger partial charge on any atom is -0.322 e. The highest BCUT2D eigenvalue weighted by Gasteiger charge is 2.24. The molecule has 0 aliphatic carbocycles. The summed E-state index contributed by atoms with van der Waals surface area (Å²) >= 11 is 5.78. The molecule has 0 saturated carbocycles. The standard InChI is InChI=1S/C19H19ClN2O/c20-12-7-13-22(18(15-21)17-10-5-2-6-11-17)19(23)14-16-8-3-1-4-9-16/h1-6,8-11,18H,7,12-14H2. The van der Waals surface area contributed by atoms with Crippen LogP contribution in [0.3, 0.4) is 0 Å². The number of rotatable bonds is 7. The molecule has 1 amide bonds. The largest absolute Gasteiger partial charge is 0.322 e. The topological polar surface area (TPSA) is 44.1 Å². The highest BCUT2D eigenvalue weighted by molar-refractivity contribution is 6.17. The third-order valence-corrected chi connectivity index (χ3v) is 3.87. The molecule has 0 fully saturated rings. The first kappa shape index (κ1) is 17.1. The molecule has 0 spiro atoms. The van der Waals surface area contributed by atoms with Gasteiger partial charge in [0.1, 0.15) is 6.04 Å². The van der Waals surface area contributed by atoms with Crippen molar-refractivity contribution in [1.82, 2.24) is 4.90 Å². The first-order valence-corrected chi connectivity index (χ1v) is 8.13. The fraction of sp³-hybridized carbons (Fsp3) is 0.263. The van der Waals surface area contributed by atoms with Crippen molar-refractivity contribution < 1.29 is 4.79 Å². The van der Waals surface area contributed by atoms with Crippen molar-refractivity contribution in [3.8, 4) is 6.07 Å². The van der Waals surface area contributed by atoms with Crippen molar-refractivity contribution in [3.05, 3.63) is 71.8 Å². The Bertz CT molecular complexity index is 652. The Balaban J connectivity index is 2.21. The molecule has 1 atom stereocenters. The zero-order valence-electron chi connectivity index (χ0n) is 12.9. The van der Waals surface area contributed by atoms with Gasteiger partial charge in [-0.3, -0.25) is 4.79 Å². The summed E-state index contributed by atoms with van der Waals surface area (Å²) in [5, 5.41) is 9.59. The van der Waals surface area contributed by atoms with Crippen molar-refractivity contribution in [2.24, 2.45) is 0 Å². The van der Waals surface area contributed by atoms with E-state index >= 15 is 0 Å². The number of nitriles is 1. The second kappa shape index (κ2) is 8.97. The SMILES string of the molecule is N#CC(c1ccccc1)N(CCCCl)C(=O)Cc1ccccc1. The molecule has 2 aromatic rings. The van der Waals surface area contributed by atoms with Crippen LogP contribution in [0.25, 0.3) is 0 Å². The Hall–Kier alpha value is -2.31. The minimum atomic E-state index is -0.587. The van der Waals surface area contributed by atoms with Gasteiger partial charge < -0.3 is 4.90 Å². The van der Waals surface area contributed by atoms with E-state index in [1.165, 1.54) is 0 Å². The number of nitrogens with zero attached hydrogens (tertiary/aromatic N) is 2. The zero-order valence-corrected chi connectivity index (χ0v) is 13.6. The highest BCUT2D eigenvalue weighted by atomic mass is 35.5. The van der Waals surface area contributed by atoms with E-state index in [1.54, 1.807) is 4.90 Å². The average molecular weight is 327 g/mol. The fourth-order valence-electron chi connectivity index (χ4n) is 2.46. The van der Waals surface area contributed by atoms with Gasteiger partial charge in [-0.05, 0) is 17.5 Å². The minimum absolute atomic E-state index is 0.0586. The summed E-state index contributed by atoms with van der Waals surface area (Å²) in [5.74, 6) is 0.402. The van der Waals surface area contributed by atoms with Crippen LogP contribution in [-0.4, -0.2) is 23.2 Å². The maximum Gasteiger partial charge on any atom is 0.228 e. The number of halogens is 1. The fourth-order valence-corrected chi connectivity index (χ4v) is 2.58. The van der Waals surface area contributed by atoms with E-state index in [1.807, 2.05) is 60.7 Å². The number of hydrogen-bond donors (Lipinski definition) is 0. The van der Waals surface area contributed by atoms with Gasteiger partial charge in [0.2, 0.25) is 5.91 Å². The Morgan fingerprint density at radius 1 is 1.09 bits per heavy atom. The monoisotopic (exact) mass is 326 g/mol. The van der Waals surface area contributed by atoms with Crippen LogP contribution in [0.5, 0.6) is 0 Å². The molecule has 0 aliphatic rings. The van der Waals surface area contributed by atoms with Gasteiger partial charge in [-0.1, -0.05) is 60.7 Å². The molecule has 3 nitrogen and oxygen atoms in total. The summed E-state index contributed by atoms with van der Waals surface area (Å²) in [5.41, 5.74) is 1.77. The first-order chi connectivity index (χ1) is 11.3. The van der Waals surface area contributed by atoms with Crippen LogP contribution in [0.4, 0.5) is 0 Å². The van der Waals surface area contributed by atoms with Gasteiger partial charge in [-0.15, -0.1) is 11.6 Å². The molecule has 2 rings (SSSR count). The number of alkyl halides is 1. The van der Waals surface area contributed by atoms with Gasteiger partial charge >= 0.3 is 0 Å². The number of amides is 1. The number of hydrogen-bond acceptors (Lipinski definition) is 2. The van der Waals surface area contributed by atoms with Gasteiger partial charge in [0.15, 0.2) is 0 Å². The predicted octanol–water partition coefficient (Wildman–Crippen LogP) is 3.95. The molecule has 0 aliphatic heterocycles. The smallest absolute Gasteiger partial charge is 0.228 e. The van der Waals surface area contributed by atoms with Crippen LogP contribution in [0, 0.1) is 11.3 Å². The summed E-state index contributed by atoms with van der Waals surface area (Å²) in [6.07, 6.45) is 0.946. The molecule has 1 unspecified atom stereocenters. The van der Waals surface area contributed by atoms with E-state index in [0.29, 0.717) is 18.8 Å². The molecule has 0 radical (unpaired) electrons. The normalized spacial score (nSPS) is 11.5. The predicted molar refractivity (Wildman–Crippen MR) is 92.0 cm³/mol. The summed E-state index contributed by atoms with van der Waals surface area (Å²) in [6, 6.07) is 20.6. The average Bonchev–Trinajstić information content (AvgIpc) is 2.60. The molecule has 2 aromatic carbocycles. The molecule has 0 saturated heterocycles. The molecule has 0 N–H and O–H groups in total. The van der Waals surface area contributed by atoms with Crippen molar-refractivity contribution in [2.75, 3.05) is 12.4 Å². The summed E-state index contributed by atoms with van der Waals surface area (Å²) in [7, 11) is 0. The molecule has 0 heterocycles. The van der Waals surface area contributed by atoms with Gasteiger partial charge in [0.05, 0.1) is 12.5 Å². The lowest BCUT2D eigenvalue weighted by Gasteiger charge is -2.27. The maximum atomic E-state index is 12.7. The maximum absolute atomic E-state index is 12.7. The first-order valence-electron chi connectivity index (χ1n) is 7.60. The van der Waals surface area contributed by atoms with Crippen LogP contribution in [0.1, 0.15) is 23.6 Å². The molecule has 4 heteroatoms. The van der Waals surface area contributed by atoms with Crippen LogP contribution in [0.15, 0.2) is 60.7 Å². The molecule has 0 aromatic heterocycles. The van der Waals surface area contributed by atoms with Crippen molar-refractivity contribution in [2.45, 2.75) is 18.9 Å².